The lowest BCUT2D eigenvalue weighted by Crippen LogP contribution is -2.49. The van der Waals surface area contributed by atoms with E-state index in [-0.39, 0.29) is 5.91 Å². The van der Waals surface area contributed by atoms with E-state index >= 15 is 0 Å². The molecule has 1 aromatic carbocycles. The van der Waals surface area contributed by atoms with Gasteiger partial charge in [0, 0.05) is 38.9 Å². The minimum absolute atomic E-state index is 0.161. The van der Waals surface area contributed by atoms with Crippen LogP contribution in [0.4, 0.5) is 5.69 Å². The largest absolute Gasteiger partial charge is 0.368 e. The summed E-state index contributed by atoms with van der Waals surface area (Å²) in [6.45, 7) is 3.25. The number of piperazine rings is 1. The second-order valence-electron chi connectivity index (χ2n) is 6.33. The average Bonchev–Trinajstić information content (AvgIpc) is 3.37. The predicted octanol–water partition coefficient (Wildman–Crippen LogP) is 2.98. The summed E-state index contributed by atoms with van der Waals surface area (Å²) in [5.74, 6) is 1.40. The highest BCUT2D eigenvalue weighted by molar-refractivity contribution is 7.99. The quantitative estimate of drug-likeness (QED) is 0.618. The van der Waals surface area contributed by atoms with Crippen LogP contribution in [0.2, 0.25) is 0 Å². The van der Waals surface area contributed by atoms with Crippen molar-refractivity contribution in [3.8, 4) is 10.7 Å². The number of thioether (sulfide) groups is 1. The molecule has 0 radical (unpaired) electrons. The third-order valence-corrected chi connectivity index (χ3v) is 6.53. The molecule has 0 N–H and O–H groups in total. The number of hydrogen-bond donors (Lipinski definition) is 0. The van der Waals surface area contributed by atoms with Crippen molar-refractivity contribution in [2.45, 2.75) is 5.16 Å². The summed E-state index contributed by atoms with van der Waals surface area (Å²) >= 11 is 3.09. The van der Waals surface area contributed by atoms with Crippen LogP contribution in [0.3, 0.4) is 0 Å². The highest BCUT2D eigenvalue weighted by atomic mass is 32.2. The van der Waals surface area contributed by atoms with Gasteiger partial charge in [-0.25, -0.2) is 0 Å². The van der Waals surface area contributed by atoms with Gasteiger partial charge in [0.1, 0.15) is 0 Å². The number of carbonyl (C=O) groups is 1. The molecule has 0 spiro atoms. The molecule has 6 nitrogen and oxygen atoms in total. The van der Waals surface area contributed by atoms with E-state index in [1.807, 2.05) is 40.1 Å². The first-order chi connectivity index (χ1) is 13.2. The van der Waals surface area contributed by atoms with Crippen molar-refractivity contribution in [3.63, 3.8) is 0 Å². The number of aromatic nitrogens is 3. The molecule has 1 amide bonds. The highest BCUT2D eigenvalue weighted by Gasteiger charge is 2.22. The van der Waals surface area contributed by atoms with Crippen molar-refractivity contribution in [1.82, 2.24) is 19.7 Å². The number of carbonyl (C=O) groups excluding carboxylic acids is 1. The molecule has 0 unspecified atom stereocenters. The summed E-state index contributed by atoms with van der Waals surface area (Å²) in [6.07, 6.45) is 0. The third-order valence-electron chi connectivity index (χ3n) is 4.65. The zero-order valence-electron chi connectivity index (χ0n) is 15.1. The maximum atomic E-state index is 12.6. The second kappa shape index (κ2) is 8.14. The number of benzene rings is 1. The van der Waals surface area contributed by atoms with E-state index in [0.29, 0.717) is 5.75 Å². The molecule has 3 heterocycles. The van der Waals surface area contributed by atoms with Crippen LogP contribution >= 0.6 is 23.1 Å². The van der Waals surface area contributed by atoms with Crippen molar-refractivity contribution in [2.75, 3.05) is 36.8 Å². The molecule has 2 aromatic heterocycles. The Labute approximate surface area is 166 Å². The van der Waals surface area contributed by atoms with Crippen LogP contribution in [0.15, 0.2) is 53.0 Å². The molecule has 3 aromatic rings. The number of thiophene rings is 1. The van der Waals surface area contributed by atoms with Gasteiger partial charge in [-0.15, -0.1) is 21.5 Å². The second-order valence-corrected chi connectivity index (χ2v) is 8.22. The summed E-state index contributed by atoms with van der Waals surface area (Å²) in [5, 5.41) is 11.3. The van der Waals surface area contributed by atoms with E-state index in [0.717, 1.165) is 42.0 Å². The first-order valence-corrected chi connectivity index (χ1v) is 10.7. The van der Waals surface area contributed by atoms with E-state index in [1.165, 1.54) is 17.4 Å². The third kappa shape index (κ3) is 4.01. The van der Waals surface area contributed by atoms with Crippen molar-refractivity contribution in [3.05, 3.63) is 47.8 Å². The van der Waals surface area contributed by atoms with Gasteiger partial charge in [0.15, 0.2) is 11.0 Å². The molecule has 0 aliphatic carbocycles. The fourth-order valence-corrected chi connectivity index (χ4v) is 4.69. The summed E-state index contributed by atoms with van der Waals surface area (Å²) < 4.78 is 1.96. The number of nitrogens with zero attached hydrogens (tertiary/aromatic N) is 5. The SMILES string of the molecule is Cn1c(SCC(=O)N2CCN(c3ccccc3)CC2)nnc1-c1cccs1. The summed E-state index contributed by atoms with van der Waals surface area (Å²) in [5.41, 5.74) is 1.22. The number of anilines is 1. The fourth-order valence-electron chi connectivity index (χ4n) is 3.13. The predicted molar refractivity (Wildman–Crippen MR) is 110 cm³/mol. The Morgan fingerprint density at radius 3 is 2.56 bits per heavy atom. The monoisotopic (exact) mass is 399 g/mol. The summed E-state index contributed by atoms with van der Waals surface area (Å²) in [7, 11) is 1.94. The topological polar surface area (TPSA) is 54.3 Å². The van der Waals surface area contributed by atoms with E-state index < -0.39 is 0 Å². The molecule has 140 valence electrons. The minimum atomic E-state index is 0.161. The maximum Gasteiger partial charge on any atom is 0.233 e. The Morgan fingerprint density at radius 2 is 1.85 bits per heavy atom. The molecule has 1 aliphatic heterocycles. The van der Waals surface area contributed by atoms with Gasteiger partial charge in [0.05, 0.1) is 10.6 Å². The van der Waals surface area contributed by atoms with Gasteiger partial charge < -0.3 is 14.4 Å². The molecule has 1 aliphatic rings. The zero-order valence-corrected chi connectivity index (χ0v) is 16.7. The standard InChI is InChI=1S/C19H21N5OS2/c1-22-18(16-8-5-13-26-16)20-21-19(22)27-14-17(25)24-11-9-23(10-12-24)15-6-3-2-4-7-15/h2-8,13H,9-12,14H2,1H3. The number of amides is 1. The molecule has 1 fully saturated rings. The van der Waals surface area contributed by atoms with Crippen LogP contribution in [0.5, 0.6) is 0 Å². The van der Waals surface area contributed by atoms with Gasteiger partial charge in [0.2, 0.25) is 5.91 Å². The fraction of sp³-hybridized carbons (Fsp3) is 0.316. The summed E-state index contributed by atoms with van der Waals surface area (Å²) in [6, 6.07) is 14.4. The lowest BCUT2D eigenvalue weighted by atomic mass is 10.2. The number of rotatable bonds is 5. The molecular weight excluding hydrogens is 378 g/mol. The molecular formula is C19H21N5OS2. The van der Waals surface area contributed by atoms with Gasteiger partial charge >= 0.3 is 0 Å². The lowest BCUT2D eigenvalue weighted by Gasteiger charge is -2.36. The van der Waals surface area contributed by atoms with Crippen LogP contribution in [-0.2, 0) is 11.8 Å². The van der Waals surface area contributed by atoms with Gasteiger partial charge in [0.25, 0.3) is 0 Å². The highest BCUT2D eigenvalue weighted by Crippen LogP contribution is 2.26. The van der Waals surface area contributed by atoms with Crippen molar-refractivity contribution in [2.24, 2.45) is 7.05 Å². The normalized spacial score (nSPS) is 14.6. The van der Waals surface area contributed by atoms with E-state index in [9.17, 15) is 4.79 Å². The Kier molecular flexibility index (Phi) is 5.45. The minimum Gasteiger partial charge on any atom is -0.368 e. The molecule has 4 rings (SSSR count). The van der Waals surface area contributed by atoms with Crippen LogP contribution < -0.4 is 4.90 Å². The zero-order chi connectivity index (χ0) is 18.6. The molecule has 8 heteroatoms. The van der Waals surface area contributed by atoms with Crippen molar-refractivity contribution < 1.29 is 4.79 Å². The van der Waals surface area contributed by atoms with Gasteiger partial charge in [-0.2, -0.15) is 0 Å². The van der Waals surface area contributed by atoms with Gasteiger partial charge in [-0.3, -0.25) is 4.79 Å². The van der Waals surface area contributed by atoms with Crippen LogP contribution in [0.1, 0.15) is 0 Å². The van der Waals surface area contributed by atoms with Crippen LogP contribution in [0.25, 0.3) is 10.7 Å². The van der Waals surface area contributed by atoms with Crippen molar-refractivity contribution >= 4 is 34.7 Å². The Balaban J connectivity index is 1.31. The Bertz CT molecular complexity index is 886. The van der Waals surface area contributed by atoms with Gasteiger partial charge in [-0.05, 0) is 23.6 Å². The molecule has 0 atom stereocenters. The smallest absolute Gasteiger partial charge is 0.233 e. The van der Waals surface area contributed by atoms with E-state index in [2.05, 4.69) is 39.4 Å². The van der Waals surface area contributed by atoms with Crippen LogP contribution in [0, 0.1) is 0 Å². The Hall–Kier alpha value is -2.32. The number of para-hydroxylation sites is 1. The Morgan fingerprint density at radius 1 is 1.07 bits per heavy atom. The van der Waals surface area contributed by atoms with E-state index in [4.69, 9.17) is 0 Å². The molecule has 0 bridgehead atoms. The van der Waals surface area contributed by atoms with Gasteiger partial charge in [-0.1, -0.05) is 36.0 Å². The maximum absolute atomic E-state index is 12.6. The average molecular weight is 400 g/mol. The van der Waals surface area contributed by atoms with Crippen LogP contribution in [-0.4, -0.2) is 57.5 Å². The van der Waals surface area contributed by atoms with Crippen molar-refractivity contribution in [1.29, 1.82) is 0 Å². The molecule has 27 heavy (non-hydrogen) atoms. The summed E-state index contributed by atoms with van der Waals surface area (Å²) in [4.78, 5) is 17.9. The van der Waals surface area contributed by atoms with E-state index in [1.54, 1.807) is 11.3 Å². The lowest BCUT2D eigenvalue weighted by molar-refractivity contribution is -0.128. The number of hydrogen-bond acceptors (Lipinski definition) is 6. The molecule has 0 saturated carbocycles. The first kappa shape index (κ1) is 18.1. The first-order valence-electron chi connectivity index (χ1n) is 8.86. The molecule has 1 saturated heterocycles.